The fourth-order valence-electron chi connectivity index (χ4n) is 2.21. The van der Waals surface area contributed by atoms with Crippen molar-refractivity contribution in [1.29, 1.82) is 0 Å². The Morgan fingerprint density at radius 3 is 2.44 bits per heavy atom. The normalized spacial score (nSPS) is 22.3. The Morgan fingerprint density at radius 1 is 1.25 bits per heavy atom. The SMILES string of the molecule is CCC(C)C(C)N(C)CCN1CCNCC1. The zero-order valence-electron chi connectivity index (χ0n) is 11.5. The molecule has 0 amide bonds. The summed E-state index contributed by atoms with van der Waals surface area (Å²) in [4.78, 5) is 5.08. The van der Waals surface area contributed by atoms with Crippen LogP contribution in [0.25, 0.3) is 0 Å². The smallest absolute Gasteiger partial charge is 0.0110 e. The third-order valence-electron chi connectivity index (χ3n) is 4.14. The molecule has 0 aliphatic carbocycles. The predicted molar refractivity (Wildman–Crippen MR) is 70.9 cm³/mol. The summed E-state index contributed by atoms with van der Waals surface area (Å²) >= 11 is 0. The summed E-state index contributed by atoms with van der Waals surface area (Å²) in [6, 6.07) is 0.702. The van der Waals surface area contributed by atoms with E-state index in [1.807, 2.05) is 0 Å². The lowest BCUT2D eigenvalue weighted by Gasteiger charge is -2.33. The van der Waals surface area contributed by atoms with Gasteiger partial charge in [0, 0.05) is 45.3 Å². The van der Waals surface area contributed by atoms with E-state index in [0.29, 0.717) is 6.04 Å². The standard InChI is InChI=1S/C13H29N3/c1-5-12(2)13(3)15(4)10-11-16-8-6-14-7-9-16/h12-14H,5-11H2,1-4H3. The molecule has 0 spiro atoms. The van der Waals surface area contributed by atoms with Crippen molar-refractivity contribution in [3.05, 3.63) is 0 Å². The highest BCUT2D eigenvalue weighted by Crippen LogP contribution is 2.12. The molecule has 1 saturated heterocycles. The summed E-state index contributed by atoms with van der Waals surface area (Å²) in [7, 11) is 2.26. The Balaban J connectivity index is 2.20. The van der Waals surface area contributed by atoms with Crippen LogP contribution < -0.4 is 5.32 Å². The minimum Gasteiger partial charge on any atom is -0.314 e. The predicted octanol–water partition coefficient (Wildman–Crippen LogP) is 1.26. The van der Waals surface area contributed by atoms with E-state index in [9.17, 15) is 0 Å². The highest BCUT2D eigenvalue weighted by atomic mass is 15.2. The van der Waals surface area contributed by atoms with Gasteiger partial charge in [-0.25, -0.2) is 0 Å². The van der Waals surface area contributed by atoms with Gasteiger partial charge in [-0.2, -0.15) is 0 Å². The molecule has 0 saturated carbocycles. The van der Waals surface area contributed by atoms with Crippen molar-refractivity contribution in [2.45, 2.75) is 33.2 Å². The van der Waals surface area contributed by atoms with E-state index in [0.717, 1.165) is 19.0 Å². The van der Waals surface area contributed by atoms with Crippen molar-refractivity contribution in [2.75, 3.05) is 46.3 Å². The molecule has 1 aliphatic heterocycles. The fraction of sp³-hybridized carbons (Fsp3) is 1.00. The van der Waals surface area contributed by atoms with E-state index in [4.69, 9.17) is 0 Å². The molecule has 0 radical (unpaired) electrons. The molecule has 16 heavy (non-hydrogen) atoms. The average Bonchev–Trinajstić information content (AvgIpc) is 2.35. The summed E-state index contributed by atoms with van der Waals surface area (Å²) in [6.45, 7) is 14.2. The van der Waals surface area contributed by atoms with Gasteiger partial charge in [0.2, 0.25) is 0 Å². The van der Waals surface area contributed by atoms with Gasteiger partial charge in [0.05, 0.1) is 0 Å². The minimum atomic E-state index is 0.702. The van der Waals surface area contributed by atoms with Gasteiger partial charge in [-0.15, -0.1) is 0 Å². The van der Waals surface area contributed by atoms with E-state index in [-0.39, 0.29) is 0 Å². The lowest BCUT2D eigenvalue weighted by Crippen LogP contribution is -2.47. The van der Waals surface area contributed by atoms with Crippen LogP contribution >= 0.6 is 0 Å². The molecule has 0 aromatic heterocycles. The van der Waals surface area contributed by atoms with Crippen LogP contribution in [0.1, 0.15) is 27.2 Å². The first kappa shape index (κ1) is 13.9. The number of nitrogens with zero attached hydrogens (tertiary/aromatic N) is 2. The van der Waals surface area contributed by atoms with E-state index in [1.54, 1.807) is 0 Å². The van der Waals surface area contributed by atoms with Crippen molar-refractivity contribution in [1.82, 2.24) is 15.1 Å². The number of piperazine rings is 1. The van der Waals surface area contributed by atoms with E-state index < -0.39 is 0 Å². The molecule has 0 aromatic carbocycles. The Morgan fingerprint density at radius 2 is 1.88 bits per heavy atom. The third kappa shape index (κ3) is 4.40. The molecular weight excluding hydrogens is 198 g/mol. The topological polar surface area (TPSA) is 18.5 Å². The summed E-state index contributed by atoms with van der Waals surface area (Å²) in [5.74, 6) is 0.799. The molecule has 1 heterocycles. The molecule has 3 nitrogen and oxygen atoms in total. The Bertz CT molecular complexity index is 178. The first-order valence-corrected chi connectivity index (χ1v) is 6.78. The fourth-order valence-corrected chi connectivity index (χ4v) is 2.21. The molecule has 0 bridgehead atoms. The van der Waals surface area contributed by atoms with Gasteiger partial charge in [-0.05, 0) is 19.9 Å². The monoisotopic (exact) mass is 227 g/mol. The molecule has 2 unspecified atom stereocenters. The molecule has 1 N–H and O–H groups in total. The van der Waals surface area contributed by atoms with Gasteiger partial charge in [-0.3, -0.25) is 4.90 Å². The maximum Gasteiger partial charge on any atom is 0.0110 e. The van der Waals surface area contributed by atoms with E-state index >= 15 is 0 Å². The molecule has 0 aromatic rings. The minimum absolute atomic E-state index is 0.702. The molecular formula is C13H29N3. The van der Waals surface area contributed by atoms with Gasteiger partial charge < -0.3 is 10.2 Å². The quantitative estimate of drug-likeness (QED) is 0.737. The van der Waals surface area contributed by atoms with Crippen molar-refractivity contribution >= 4 is 0 Å². The second kappa shape index (κ2) is 7.25. The van der Waals surface area contributed by atoms with Crippen molar-refractivity contribution in [2.24, 2.45) is 5.92 Å². The number of likely N-dealkylation sites (N-methyl/N-ethyl adjacent to an activating group) is 1. The lowest BCUT2D eigenvalue weighted by molar-refractivity contribution is 0.155. The van der Waals surface area contributed by atoms with Crippen molar-refractivity contribution in [3.63, 3.8) is 0 Å². The van der Waals surface area contributed by atoms with Crippen LogP contribution in [0.2, 0.25) is 0 Å². The molecule has 96 valence electrons. The molecule has 1 fully saturated rings. The van der Waals surface area contributed by atoms with Crippen LogP contribution in [-0.2, 0) is 0 Å². The van der Waals surface area contributed by atoms with Crippen LogP contribution in [0.5, 0.6) is 0 Å². The summed E-state index contributed by atoms with van der Waals surface area (Å²) < 4.78 is 0. The number of hydrogen-bond acceptors (Lipinski definition) is 3. The molecule has 3 heteroatoms. The van der Waals surface area contributed by atoms with E-state index in [2.05, 4.69) is 42.9 Å². The summed E-state index contributed by atoms with van der Waals surface area (Å²) in [5, 5.41) is 3.40. The van der Waals surface area contributed by atoms with E-state index in [1.165, 1.54) is 32.6 Å². The summed E-state index contributed by atoms with van der Waals surface area (Å²) in [5.41, 5.74) is 0. The number of nitrogens with one attached hydrogen (secondary N) is 1. The second-order valence-electron chi connectivity index (χ2n) is 5.20. The van der Waals surface area contributed by atoms with Crippen LogP contribution in [0, 0.1) is 5.92 Å². The lowest BCUT2D eigenvalue weighted by atomic mass is 10.00. The summed E-state index contributed by atoms with van der Waals surface area (Å²) in [6.07, 6.45) is 1.28. The maximum atomic E-state index is 3.40. The van der Waals surface area contributed by atoms with Gasteiger partial charge in [0.15, 0.2) is 0 Å². The van der Waals surface area contributed by atoms with Gasteiger partial charge in [0.1, 0.15) is 0 Å². The first-order valence-electron chi connectivity index (χ1n) is 6.78. The van der Waals surface area contributed by atoms with Crippen LogP contribution in [-0.4, -0.2) is 62.2 Å². The Kier molecular flexibility index (Phi) is 6.32. The third-order valence-corrected chi connectivity index (χ3v) is 4.14. The van der Waals surface area contributed by atoms with Gasteiger partial charge >= 0.3 is 0 Å². The highest BCUT2D eigenvalue weighted by molar-refractivity contribution is 4.73. The Hall–Kier alpha value is -0.120. The van der Waals surface area contributed by atoms with Crippen molar-refractivity contribution < 1.29 is 0 Å². The largest absolute Gasteiger partial charge is 0.314 e. The maximum absolute atomic E-state index is 3.40. The first-order chi connectivity index (χ1) is 7.65. The molecule has 1 rings (SSSR count). The van der Waals surface area contributed by atoms with Crippen LogP contribution in [0.15, 0.2) is 0 Å². The zero-order chi connectivity index (χ0) is 12.0. The average molecular weight is 227 g/mol. The number of rotatable bonds is 6. The van der Waals surface area contributed by atoms with Crippen LogP contribution in [0.3, 0.4) is 0 Å². The van der Waals surface area contributed by atoms with Crippen molar-refractivity contribution in [3.8, 4) is 0 Å². The molecule has 2 atom stereocenters. The van der Waals surface area contributed by atoms with Gasteiger partial charge in [0.25, 0.3) is 0 Å². The van der Waals surface area contributed by atoms with Gasteiger partial charge in [-0.1, -0.05) is 20.3 Å². The van der Waals surface area contributed by atoms with Crippen LogP contribution in [0.4, 0.5) is 0 Å². The zero-order valence-corrected chi connectivity index (χ0v) is 11.5. The molecule has 1 aliphatic rings. The number of hydrogen-bond donors (Lipinski definition) is 1. The Labute approximate surface area is 101 Å². The second-order valence-corrected chi connectivity index (χ2v) is 5.20. The highest BCUT2D eigenvalue weighted by Gasteiger charge is 2.16.